The highest BCUT2D eigenvalue weighted by atomic mass is 35.5. The van der Waals surface area contributed by atoms with E-state index in [0.29, 0.717) is 5.69 Å². The molecule has 3 N–H and O–H groups in total. The number of rotatable bonds is 4. The molecular weight excluding hydrogens is 331 g/mol. The van der Waals surface area contributed by atoms with Gasteiger partial charge in [-0.3, -0.25) is 4.79 Å². The van der Waals surface area contributed by atoms with Crippen molar-refractivity contribution in [3.63, 3.8) is 0 Å². The van der Waals surface area contributed by atoms with Crippen molar-refractivity contribution < 1.29 is 18.0 Å². The number of para-hydroxylation sites is 2. The Morgan fingerprint density at radius 1 is 1.30 bits per heavy atom. The number of nitrogens with one attached hydrogen (secondary N) is 3. The van der Waals surface area contributed by atoms with Gasteiger partial charge in [0.05, 0.1) is 11.4 Å². The summed E-state index contributed by atoms with van der Waals surface area (Å²) in [5.41, 5.74) is 0.651. The van der Waals surface area contributed by atoms with Crippen LogP contribution >= 0.6 is 12.4 Å². The van der Waals surface area contributed by atoms with Gasteiger partial charge in [-0.2, -0.15) is 13.2 Å². The summed E-state index contributed by atoms with van der Waals surface area (Å²) in [5.74, 6) is -0.262. The van der Waals surface area contributed by atoms with Crippen molar-refractivity contribution in [1.82, 2.24) is 5.32 Å². The van der Waals surface area contributed by atoms with Gasteiger partial charge in [0.2, 0.25) is 5.91 Å². The second kappa shape index (κ2) is 8.40. The fourth-order valence-electron chi connectivity index (χ4n) is 2.55. The normalized spacial score (nSPS) is 21.2. The lowest BCUT2D eigenvalue weighted by Gasteiger charge is -2.27. The largest absolute Gasteiger partial charge is 0.405 e. The molecule has 1 fully saturated rings. The van der Waals surface area contributed by atoms with Crippen molar-refractivity contribution >= 4 is 29.7 Å². The van der Waals surface area contributed by atoms with Crippen LogP contribution in [-0.4, -0.2) is 31.2 Å². The van der Waals surface area contributed by atoms with Gasteiger partial charge in [-0.05, 0) is 38.4 Å². The Bertz CT molecular complexity index is 525. The van der Waals surface area contributed by atoms with Crippen molar-refractivity contribution in [2.75, 3.05) is 23.7 Å². The molecule has 1 amide bonds. The van der Waals surface area contributed by atoms with Gasteiger partial charge >= 0.3 is 6.18 Å². The molecule has 1 aliphatic rings. The van der Waals surface area contributed by atoms with E-state index in [4.69, 9.17) is 0 Å². The lowest BCUT2D eigenvalue weighted by Crippen LogP contribution is -2.40. The first-order chi connectivity index (χ1) is 10.3. The van der Waals surface area contributed by atoms with Gasteiger partial charge in [0, 0.05) is 12.0 Å². The Labute approximate surface area is 139 Å². The molecule has 23 heavy (non-hydrogen) atoms. The highest BCUT2D eigenvalue weighted by molar-refractivity contribution is 5.95. The Morgan fingerprint density at radius 2 is 1.96 bits per heavy atom. The third-order valence-corrected chi connectivity index (χ3v) is 3.66. The molecular formula is C15H21ClF3N3O. The van der Waals surface area contributed by atoms with Crippen LogP contribution in [0.4, 0.5) is 24.5 Å². The van der Waals surface area contributed by atoms with E-state index < -0.39 is 12.7 Å². The average molecular weight is 352 g/mol. The van der Waals surface area contributed by atoms with Gasteiger partial charge in [-0.25, -0.2) is 0 Å². The van der Waals surface area contributed by atoms with Crippen LogP contribution in [0, 0.1) is 5.92 Å². The van der Waals surface area contributed by atoms with Gasteiger partial charge in [-0.15, -0.1) is 12.4 Å². The van der Waals surface area contributed by atoms with E-state index in [1.807, 2.05) is 6.92 Å². The van der Waals surface area contributed by atoms with E-state index >= 15 is 0 Å². The maximum atomic E-state index is 12.3. The summed E-state index contributed by atoms with van der Waals surface area (Å²) >= 11 is 0. The predicted molar refractivity (Wildman–Crippen MR) is 87.1 cm³/mol. The van der Waals surface area contributed by atoms with Crippen LogP contribution in [-0.2, 0) is 4.79 Å². The molecule has 1 aromatic rings. The number of amides is 1. The lowest BCUT2D eigenvalue weighted by atomic mass is 9.92. The van der Waals surface area contributed by atoms with E-state index in [0.717, 1.165) is 19.4 Å². The summed E-state index contributed by atoms with van der Waals surface area (Å²) in [6.07, 6.45) is -2.85. The Morgan fingerprint density at radius 3 is 2.57 bits per heavy atom. The number of hydrogen-bond donors (Lipinski definition) is 3. The second-order valence-electron chi connectivity index (χ2n) is 5.58. The molecule has 4 nitrogen and oxygen atoms in total. The van der Waals surface area contributed by atoms with Gasteiger partial charge in [0.25, 0.3) is 0 Å². The average Bonchev–Trinajstić information content (AvgIpc) is 2.45. The molecule has 0 unspecified atom stereocenters. The molecule has 0 saturated carbocycles. The van der Waals surface area contributed by atoms with Crippen LogP contribution in [0.1, 0.15) is 19.8 Å². The first-order valence-electron chi connectivity index (χ1n) is 7.29. The van der Waals surface area contributed by atoms with E-state index in [1.54, 1.807) is 18.2 Å². The molecule has 1 aliphatic heterocycles. The number of carbonyl (C=O) groups excluding carboxylic acids is 1. The van der Waals surface area contributed by atoms with Crippen LogP contribution in [0.5, 0.6) is 0 Å². The van der Waals surface area contributed by atoms with E-state index in [9.17, 15) is 18.0 Å². The monoisotopic (exact) mass is 351 g/mol. The number of piperidine rings is 1. The van der Waals surface area contributed by atoms with E-state index in [2.05, 4.69) is 16.0 Å². The summed E-state index contributed by atoms with van der Waals surface area (Å²) in [6.45, 7) is 1.65. The maximum absolute atomic E-state index is 12.3. The lowest BCUT2D eigenvalue weighted by molar-refractivity contribution is -0.120. The van der Waals surface area contributed by atoms with Crippen molar-refractivity contribution in [3.8, 4) is 0 Å². The van der Waals surface area contributed by atoms with E-state index in [-0.39, 0.29) is 36.0 Å². The first-order valence-corrected chi connectivity index (χ1v) is 7.29. The summed E-state index contributed by atoms with van der Waals surface area (Å²) in [7, 11) is 0. The van der Waals surface area contributed by atoms with Gasteiger partial charge in [-0.1, -0.05) is 12.1 Å². The minimum atomic E-state index is -4.30. The van der Waals surface area contributed by atoms with Crippen LogP contribution in [0.2, 0.25) is 0 Å². The molecule has 1 saturated heterocycles. The summed E-state index contributed by atoms with van der Waals surface area (Å²) in [4.78, 5) is 12.3. The van der Waals surface area contributed by atoms with Crippen LogP contribution in [0.15, 0.2) is 24.3 Å². The fourth-order valence-corrected chi connectivity index (χ4v) is 2.55. The zero-order valence-corrected chi connectivity index (χ0v) is 13.6. The quantitative estimate of drug-likeness (QED) is 0.779. The van der Waals surface area contributed by atoms with Crippen molar-refractivity contribution in [2.24, 2.45) is 5.92 Å². The Hall–Kier alpha value is -1.47. The van der Waals surface area contributed by atoms with Crippen molar-refractivity contribution in [2.45, 2.75) is 32.0 Å². The summed E-state index contributed by atoms with van der Waals surface area (Å²) in [6, 6.07) is 6.69. The molecule has 2 atom stereocenters. The topological polar surface area (TPSA) is 53.2 Å². The van der Waals surface area contributed by atoms with Crippen molar-refractivity contribution in [1.29, 1.82) is 0 Å². The number of carbonyl (C=O) groups is 1. The Kier molecular flexibility index (Phi) is 7.15. The van der Waals surface area contributed by atoms with Crippen molar-refractivity contribution in [3.05, 3.63) is 24.3 Å². The zero-order valence-electron chi connectivity index (χ0n) is 12.7. The third-order valence-electron chi connectivity index (χ3n) is 3.66. The van der Waals surface area contributed by atoms with Crippen LogP contribution < -0.4 is 16.0 Å². The number of hydrogen-bond acceptors (Lipinski definition) is 3. The molecule has 0 bridgehead atoms. The molecule has 0 aliphatic carbocycles. The predicted octanol–water partition coefficient (Wildman–Crippen LogP) is 3.41. The molecule has 8 heteroatoms. The van der Waals surface area contributed by atoms with Crippen LogP contribution in [0.25, 0.3) is 0 Å². The molecule has 130 valence electrons. The second-order valence-corrected chi connectivity index (χ2v) is 5.58. The SMILES string of the molecule is C[C@H]1C[C@@H](C(=O)Nc2ccccc2NCC(F)(F)F)CCN1.Cl. The highest BCUT2D eigenvalue weighted by Gasteiger charge is 2.28. The molecule has 0 aromatic heterocycles. The minimum absolute atomic E-state index is 0. The molecule has 1 heterocycles. The van der Waals surface area contributed by atoms with Gasteiger partial charge in [0.1, 0.15) is 6.54 Å². The number of benzene rings is 1. The molecule has 2 rings (SSSR count). The standard InChI is InChI=1S/C15H20F3N3O.ClH/c1-10-8-11(6-7-19-10)14(22)21-13-5-3-2-4-12(13)20-9-15(16,17)18;/h2-5,10-11,19-20H,6-9H2,1H3,(H,21,22);1H/t10-,11-;/m0./s1. The van der Waals surface area contributed by atoms with E-state index in [1.165, 1.54) is 6.07 Å². The fraction of sp³-hybridized carbons (Fsp3) is 0.533. The Balaban J connectivity index is 0.00000264. The van der Waals surface area contributed by atoms with Crippen LogP contribution in [0.3, 0.4) is 0 Å². The maximum Gasteiger partial charge on any atom is 0.405 e. The smallest absolute Gasteiger partial charge is 0.375 e. The molecule has 0 radical (unpaired) electrons. The zero-order chi connectivity index (χ0) is 16.2. The van der Waals surface area contributed by atoms with Gasteiger partial charge in [0.15, 0.2) is 0 Å². The summed E-state index contributed by atoms with van der Waals surface area (Å²) < 4.78 is 36.9. The molecule has 1 aromatic carbocycles. The number of halogens is 4. The molecule has 0 spiro atoms. The minimum Gasteiger partial charge on any atom is -0.375 e. The van der Waals surface area contributed by atoms with Gasteiger partial charge < -0.3 is 16.0 Å². The summed E-state index contributed by atoms with van der Waals surface area (Å²) in [5, 5.41) is 8.32. The number of alkyl halides is 3. The third kappa shape index (κ3) is 6.27. The first kappa shape index (κ1) is 19.6. The number of anilines is 2. The highest BCUT2D eigenvalue weighted by Crippen LogP contribution is 2.25.